The molecule has 1 aliphatic rings. The third kappa shape index (κ3) is 4.60. The number of ether oxygens (including phenoxy) is 2. The first kappa shape index (κ1) is 20.3. The lowest BCUT2D eigenvalue weighted by Crippen LogP contribution is -2.40. The van der Waals surface area contributed by atoms with E-state index in [1.54, 1.807) is 18.2 Å². The first-order valence-electron chi connectivity index (χ1n) is 9.07. The molecule has 11 heteroatoms. The number of nitrogen functional groups attached to an aromatic ring is 1. The summed E-state index contributed by atoms with van der Waals surface area (Å²) in [5, 5.41) is 2.50. The third-order valence-electron chi connectivity index (χ3n) is 4.37. The van der Waals surface area contributed by atoms with Gasteiger partial charge in [-0.3, -0.25) is 4.90 Å². The normalized spacial score (nSPS) is 13.2. The fourth-order valence-corrected chi connectivity index (χ4v) is 2.97. The molecule has 0 bridgehead atoms. The van der Waals surface area contributed by atoms with Crippen molar-refractivity contribution < 1.29 is 27.4 Å². The van der Waals surface area contributed by atoms with Crippen molar-refractivity contribution in [3.8, 4) is 17.4 Å². The van der Waals surface area contributed by atoms with Gasteiger partial charge in [0.2, 0.25) is 5.88 Å². The van der Waals surface area contributed by atoms with Crippen LogP contribution in [0.3, 0.4) is 0 Å². The van der Waals surface area contributed by atoms with Gasteiger partial charge >= 0.3 is 12.2 Å². The van der Waals surface area contributed by atoms with Crippen LogP contribution in [0.15, 0.2) is 54.9 Å². The zero-order chi connectivity index (χ0) is 22.0. The van der Waals surface area contributed by atoms with Crippen molar-refractivity contribution in [3.05, 3.63) is 60.4 Å². The minimum atomic E-state index is -4.50. The van der Waals surface area contributed by atoms with Crippen molar-refractivity contribution in [2.24, 2.45) is 0 Å². The number of nitrogens with one attached hydrogen (secondary N) is 1. The number of hydrogen-bond acceptors (Lipinski definition) is 6. The lowest BCUT2D eigenvalue weighted by molar-refractivity contribution is -0.137. The Morgan fingerprint density at radius 1 is 1.16 bits per heavy atom. The molecule has 0 saturated carbocycles. The highest BCUT2D eigenvalue weighted by atomic mass is 19.4. The number of nitrogens with two attached hydrogens (primary N) is 1. The summed E-state index contributed by atoms with van der Waals surface area (Å²) < 4.78 is 50.0. The van der Waals surface area contributed by atoms with Gasteiger partial charge in [0.05, 0.1) is 17.8 Å². The van der Waals surface area contributed by atoms with Crippen molar-refractivity contribution in [1.29, 1.82) is 0 Å². The van der Waals surface area contributed by atoms with Crippen LogP contribution in [0.5, 0.6) is 17.4 Å². The summed E-state index contributed by atoms with van der Waals surface area (Å²) in [7, 11) is 0. The van der Waals surface area contributed by atoms with Crippen molar-refractivity contribution in [2.45, 2.75) is 6.18 Å². The molecule has 0 unspecified atom stereocenters. The van der Waals surface area contributed by atoms with E-state index in [0.717, 1.165) is 12.1 Å². The molecule has 0 fully saturated rings. The van der Waals surface area contributed by atoms with Gasteiger partial charge in [0.25, 0.3) is 0 Å². The molecule has 1 aromatic heterocycles. The molecule has 0 aliphatic carbocycles. The molecule has 3 N–H and O–H groups in total. The number of halogens is 3. The summed E-state index contributed by atoms with van der Waals surface area (Å²) in [6.45, 7) is 0.424. The number of nitrogens with zero attached hydrogens (tertiary/aromatic N) is 3. The van der Waals surface area contributed by atoms with E-state index in [4.69, 9.17) is 15.2 Å². The summed E-state index contributed by atoms with van der Waals surface area (Å²) >= 11 is 0. The Kier molecular flexibility index (Phi) is 5.24. The Balaban J connectivity index is 1.52. The molecule has 2 heterocycles. The van der Waals surface area contributed by atoms with Crippen LogP contribution >= 0.6 is 0 Å². The molecular formula is C20H16F3N5O3. The Morgan fingerprint density at radius 3 is 2.77 bits per heavy atom. The van der Waals surface area contributed by atoms with E-state index in [1.807, 2.05) is 0 Å². The van der Waals surface area contributed by atoms with Crippen LogP contribution in [0.4, 0.5) is 35.2 Å². The Morgan fingerprint density at radius 2 is 2.00 bits per heavy atom. The molecule has 2 amide bonds. The maximum atomic E-state index is 12.9. The maximum Gasteiger partial charge on any atom is 0.416 e. The summed E-state index contributed by atoms with van der Waals surface area (Å²) in [4.78, 5) is 21.8. The standard InChI is InChI=1S/C20H16F3N5O3/c21-20(22,23)12-2-1-3-13(8-12)27-19(29)28-6-7-30-16-9-14(4-5-15(16)28)31-18-10-17(24)25-11-26-18/h1-5,8-11H,6-7H2,(H,27,29)(H2,24,25,26). The van der Waals surface area contributed by atoms with Crippen LogP contribution in [-0.4, -0.2) is 29.2 Å². The SMILES string of the molecule is Nc1cc(Oc2ccc3c(c2)OCCN3C(=O)Nc2cccc(C(F)(F)F)c2)ncn1. The molecule has 0 radical (unpaired) electrons. The molecule has 2 aromatic carbocycles. The van der Waals surface area contributed by atoms with Gasteiger partial charge in [-0.2, -0.15) is 13.2 Å². The zero-order valence-corrected chi connectivity index (χ0v) is 15.9. The largest absolute Gasteiger partial charge is 0.489 e. The number of carbonyl (C=O) groups excluding carboxylic acids is 1. The number of benzene rings is 2. The van der Waals surface area contributed by atoms with E-state index in [0.29, 0.717) is 17.2 Å². The van der Waals surface area contributed by atoms with Crippen LogP contribution in [0.2, 0.25) is 0 Å². The quantitative estimate of drug-likeness (QED) is 0.641. The second-order valence-corrected chi connectivity index (χ2v) is 6.52. The topological polar surface area (TPSA) is 103 Å². The smallest absolute Gasteiger partial charge is 0.416 e. The monoisotopic (exact) mass is 431 g/mol. The van der Waals surface area contributed by atoms with Crippen LogP contribution < -0.4 is 25.4 Å². The van der Waals surface area contributed by atoms with E-state index in [2.05, 4.69) is 15.3 Å². The maximum absolute atomic E-state index is 12.9. The van der Waals surface area contributed by atoms with Gasteiger partial charge in [0.15, 0.2) is 0 Å². The van der Waals surface area contributed by atoms with E-state index in [-0.39, 0.29) is 30.5 Å². The number of anilines is 3. The molecule has 0 atom stereocenters. The molecule has 31 heavy (non-hydrogen) atoms. The number of carbonyl (C=O) groups is 1. The first-order valence-corrected chi connectivity index (χ1v) is 9.07. The molecule has 8 nitrogen and oxygen atoms in total. The first-order chi connectivity index (χ1) is 14.8. The Hall–Kier alpha value is -4.02. The van der Waals surface area contributed by atoms with Crippen LogP contribution in [0.1, 0.15) is 5.56 Å². The molecule has 0 spiro atoms. The molecule has 160 valence electrons. The summed E-state index contributed by atoms with van der Waals surface area (Å²) in [6.07, 6.45) is -3.24. The fourth-order valence-electron chi connectivity index (χ4n) is 2.97. The molecular weight excluding hydrogens is 415 g/mol. The van der Waals surface area contributed by atoms with Crippen LogP contribution in [-0.2, 0) is 6.18 Å². The van der Waals surface area contributed by atoms with Gasteiger partial charge < -0.3 is 20.5 Å². The predicted octanol–water partition coefficient (Wildman–Crippen LogP) is 4.30. The van der Waals surface area contributed by atoms with Crippen LogP contribution in [0, 0.1) is 0 Å². The molecule has 4 rings (SSSR count). The number of alkyl halides is 3. The van der Waals surface area contributed by atoms with Crippen molar-refractivity contribution in [3.63, 3.8) is 0 Å². The number of hydrogen-bond donors (Lipinski definition) is 2. The number of rotatable bonds is 3. The lowest BCUT2D eigenvalue weighted by Gasteiger charge is -2.30. The lowest BCUT2D eigenvalue weighted by atomic mass is 10.2. The van der Waals surface area contributed by atoms with Crippen LogP contribution in [0.25, 0.3) is 0 Å². The van der Waals surface area contributed by atoms with Crippen molar-refractivity contribution in [1.82, 2.24) is 9.97 Å². The van der Waals surface area contributed by atoms with Gasteiger partial charge in [-0.05, 0) is 30.3 Å². The highest BCUT2D eigenvalue weighted by Crippen LogP contribution is 2.37. The van der Waals surface area contributed by atoms with E-state index < -0.39 is 17.8 Å². The number of fused-ring (bicyclic) bond motifs is 1. The Bertz CT molecular complexity index is 1120. The summed E-state index contributed by atoms with van der Waals surface area (Å²) in [6, 6.07) is 10.1. The minimum Gasteiger partial charge on any atom is -0.489 e. The highest BCUT2D eigenvalue weighted by molar-refractivity contribution is 6.03. The predicted molar refractivity (Wildman–Crippen MR) is 106 cm³/mol. The summed E-state index contributed by atoms with van der Waals surface area (Å²) in [5.41, 5.74) is 5.24. The highest BCUT2D eigenvalue weighted by Gasteiger charge is 2.31. The zero-order valence-electron chi connectivity index (χ0n) is 15.9. The second-order valence-electron chi connectivity index (χ2n) is 6.52. The third-order valence-corrected chi connectivity index (χ3v) is 4.37. The van der Waals surface area contributed by atoms with E-state index >= 15 is 0 Å². The second kappa shape index (κ2) is 8.01. The number of urea groups is 1. The van der Waals surface area contributed by atoms with Gasteiger partial charge in [0, 0.05) is 17.8 Å². The molecule has 1 aliphatic heterocycles. The van der Waals surface area contributed by atoms with Gasteiger partial charge in [-0.25, -0.2) is 14.8 Å². The van der Waals surface area contributed by atoms with E-state index in [1.165, 1.54) is 29.4 Å². The number of aromatic nitrogens is 2. The Labute approximate surface area is 174 Å². The van der Waals surface area contributed by atoms with Gasteiger partial charge in [0.1, 0.15) is 30.3 Å². The molecule has 3 aromatic rings. The van der Waals surface area contributed by atoms with Gasteiger partial charge in [-0.1, -0.05) is 6.07 Å². The van der Waals surface area contributed by atoms with Crippen molar-refractivity contribution in [2.75, 3.05) is 29.1 Å². The minimum absolute atomic E-state index is 0.0363. The van der Waals surface area contributed by atoms with Gasteiger partial charge in [-0.15, -0.1) is 0 Å². The average molecular weight is 431 g/mol. The average Bonchev–Trinajstić information content (AvgIpc) is 2.73. The van der Waals surface area contributed by atoms with Crippen molar-refractivity contribution >= 4 is 23.2 Å². The fraction of sp³-hybridized carbons (Fsp3) is 0.150. The number of amides is 2. The van der Waals surface area contributed by atoms with E-state index in [9.17, 15) is 18.0 Å². The molecule has 0 saturated heterocycles. The summed E-state index contributed by atoms with van der Waals surface area (Å²) in [5.74, 6) is 1.26.